The zero-order chi connectivity index (χ0) is 14.2. The van der Waals surface area contributed by atoms with Gasteiger partial charge in [-0.25, -0.2) is 0 Å². The Morgan fingerprint density at radius 3 is 2.75 bits per heavy atom. The van der Waals surface area contributed by atoms with Crippen LogP contribution in [0, 0.1) is 0 Å². The van der Waals surface area contributed by atoms with Gasteiger partial charge in [-0.1, -0.05) is 24.1 Å². The molecule has 0 aliphatic rings. The molecule has 1 unspecified atom stereocenters. The minimum atomic E-state index is 0.299. The van der Waals surface area contributed by atoms with Crippen molar-refractivity contribution in [1.29, 1.82) is 0 Å². The summed E-state index contributed by atoms with van der Waals surface area (Å²) in [6, 6.07) is 8.74. The lowest BCUT2D eigenvalue weighted by Crippen LogP contribution is -2.22. The molecule has 20 heavy (non-hydrogen) atoms. The Morgan fingerprint density at radius 2 is 2.10 bits per heavy atom. The third-order valence-electron chi connectivity index (χ3n) is 3.08. The number of hydrogen-bond acceptors (Lipinski definition) is 4. The van der Waals surface area contributed by atoms with Gasteiger partial charge in [0, 0.05) is 9.75 Å². The molecule has 2 aromatic heterocycles. The molecule has 0 bridgehead atoms. The van der Waals surface area contributed by atoms with Crippen molar-refractivity contribution in [1.82, 2.24) is 5.32 Å². The first-order valence-corrected chi connectivity index (χ1v) is 10.3. The number of hydrogen-bond donors (Lipinski definition) is 1. The van der Waals surface area contributed by atoms with E-state index in [9.17, 15) is 0 Å². The van der Waals surface area contributed by atoms with E-state index in [4.69, 9.17) is 11.6 Å². The van der Waals surface area contributed by atoms with Gasteiger partial charge in [-0.3, -0.25) is 0 Å². The first-order chi connectivity index (χ1) is 9.81. The maximum absolute atomic E-state index is 6.08. The van der Waals surface area contributed by atoms with E-state index in [2.05, 4.69) is 35.2 Å². The third-order valence-corrected chi connectivity index (χ3v) is 6.01. The maximum atomic E-state index is 6.08. The van der Waals surface area contributed by atoms with Gasteiger partial charge >= 0.3 is 0 Å². The second-order valence-electron chi connectivity index (χ2n) is 4.60. The van der Waals surface area contributed by atoms with Crippen molar-refractivity contribution in [2.75, 3.05) is 18.6 Å². The molecule has 1 N–H and O–H groups in total. The van der Waals surface area contributed by atoms with E-state index in [1.165, 1.54) is 34.8 Å². The average molecular weight is 346 g/mol. The molecule has 0 amide bonds. The molecule has 2 rings (SSSR count). The number of thiophene rings is 2. The predicted octanol–water partition coefficient (Wildman–Crippen LogP) is 5.68. The molecule has 2 aromatic rings. The summed E-state index contributed by atoms with van der Waals surface area (Å²) in [6.45, 7) is 1.06. The van der Waals surface area contributed by atoms with E-state index in [1.54, 1.807) is 22.7 Å². The number of halogens is 1. The minimum Gasteiger partial charge on any atom is -0.305 e. The molecule has 0 aliphatic heterocycles. The van der Waals surface area contributed by atoms with Crippen LogP contribution in [-0.4, -0.2) is 18.6 Å². The summed E-state index contributed by atoms with van der Waals surface area (Å²) in [6.07, 6.45) is 6.03. The molecule has 0 saturated carbocycles. The second kappa shape index (κ2) is 9.11. The summed E-state index contributed by atoms with van der Waals surface area (Å²) in [5, 5.41) is 5.82. The zero-order valence-electron chi connectivity index (χ0n) is 11.6. The van der Waals surface area contributed by atoms with Gasteiger partial charge in [0.05, 0.1) is 10.4 Å². The minimum absolute atomic E-state index is 0.299. The van der Waals surface area contributed by atoms with E-state index in [1.807, 2.05) is 17.8 Å². The van der Waals surface area contributed by atoms with Crippen molar-refractivity contribution in [3.05, 3.63) is 43.7 Å². The van der Waals surface area contributed by atoms with Gasteiger partial charge in [-0.15, -0.1) is 22.7 Å². The summed E-state index contributed by atoms with van der Waals surface area (Å²) in [4.78, 5) is 2.68. The number of unbranched alkanes of at least 4 members (excludes halogenated alkanes) is 2. The number of nitrogens with one attached hydrogen (secondary N) is 1. The highest BCUT2D eigenvalue weighted by molar-refractivity contribution is 7.98. The highest BCUT2D eigenvalue weighted by Crippen LogP contribution is 2.33. The van der Waals surface area contributed by atoms with Crippen LogP contribution in [0.1, 0.15) is 35.1 Å². The van der Waals surface area contributed by atoms with Crippen LogP contribution in [0.3, 0.4) is 0 Å². The topological polar surface area (TPSA) is 12.0 Å². The largest absolute Gasteiger partial charge is 0.305 e. The van der Waals surface area contributed by atoms with Crippen molar-refractivity contribution in [2.24, 2.45) is 0 Å². The van der Waals surface area contributed by atoms with Crippen molar-refractivity contribution in [3.8, 4) is 0 Å². The number of thioether (sulfide) groups is 1. The maximum Gasteiger partial charge on any atom is 0.0931 e. The lowest BCUT2D eigenvalue weighted by Gasteiger charge is -2.16. The summed E-state index contributed by atoms with van der Waals surface area (Å²) in [5.74, 6) is 1.27. The quantitative estimate of drug-likeness (QED) is 0.587. The van der Waals surface area contributed by atoms with Crippen LogP contribution in [0.15, 0.2) is 29.6 Å². The van der Waals surface area contributed by atoms with Crippen LogP contribution < -0.4 is 5.32 Å². The summed E-state index contributed by atoms with van der Waals surface area (Å²) < 4.78 is 0.864. The van der Waals surface area contributed by atoms with E-state index < -0.39 is 0 Å². The first kappa shape index (κ1) is 16.4. The van der Waals surface area contributed by atoms with E-state index >= 15 is 0 Å². The molecule has 0 spiro atoms. The molecule has 0 fully saturated rings. The highest BCUT2D eigenvalue weighted by atomic mass is 35.5. The number of rotatable bonds is 9. The smallest absolute Gasteiger partial charge is 0.0931 e. The van der Waals surface area contributed by atoms with Gasteiger partial charge in [-0.2, -0.15) is 11.8 Å². The molecule has 0 radical (unpaired) electrons. The van der Waals surface area contributed by atoms with Crippen molar-refractivity contribution in [3.63, 3.8) is 0 Å². The fraction of sp³-hybridized carbons (Fsp3) is 0.467. The van der Waals surface area contributed by atoms with Crippen LogP contribution >= 0.6 is 46.0 Å². The van der Waals surface area contributed by atoms with Crippen LogP contribution in [0.5, 0.6) is 0 Å². The van der Waals surface area contributed by atoms with E-state index in [0.29, 0.717) is 6.04 Å². The zero-order valence-corrected chi connectivity index (χ0v) is 14.8. The molecule has 0 saturated heterocycles. The first-order valence-electron chi connectivity index (χ1n) is 6.82. The molecule has 110 valence electrons. The van der Waals surface area contributed by atoms with Crippen LogP contribution in [0.2, 0.25) is 4.34 Å². The van der Waals surface area contributed by atoms with Gasteiger partial charge in [0.2, 0.25) is 0 Å². The van der Waals surface area contributed by atoms with Crippen molar-refractivity contribution in [2.45, 2.75) is 25.3 Å². The lowest BCUT2D eigenvalue weighted by molar-refractivity contribution is 0.577. The Hall–Kier alpha value is -0.0000000000000000278. The molecular formula is C15H20ClNS3. The Balaban J connectivity index is 1.88. The summed E-state index contributed by atoms with van der Waals surface area (Å²) in [5.41, 5.74) is 0. The average Bonchev–Trinajstić information content (AvgIpc) is 3.10. The van der Waals surface area contributed by atoms with Gasteiger partial charge in [-0.05, 0) is 55.0 Å². The monoisotopic (exact) mass is 345 g/mol. The molecule has 2 heterocycles. The molecule has 0 aromatic carbocycles. The molecule has 0 aliphatic carbocycles. The standard InChI is InChI=1S/C15H20ClNS3/c1-18-10-4-2-3-9-17-15(12-6-5-11-19-12)13-7-8-14(16)20-13/h5-8,11,15,17H,2-4,9-10H2,1H3. The van der Waals surface area contributed by atoms with Crippen LogP contribution in [0.4, 0.5) is 0 Å². The normalized spacial score (nSPS) is 12.7. The van der Waals surface area contributed by atoms with Gasteiger partial charge in [0.15, 0.2) is 0 Å². The van der Waals surface area contributed by atoms with Crippen molar-refractivity contribution >= 4 is 46.0 Å². The Bertz CT molecular complexity index is 481. The second-order valence-corrected chi connectivity index (χ2v) is 8.31. The van der Waals surface area contributed by atoms with Crippen LogP contribution in [-0.2, 0) is 0 Å². The van der Waals surface area contributed by atoms with E-state index in [-0.39, 0.29) is 0 Å². The Morgan fingerprint density at radius 1 is 1.20 bits per heavy atom. The molecule has 1 nitrogen and oxygen atoms in total. The molecular weight excluding hydrogens is 326 g/mol. The van der Waals surface area contributed by atoms with Gasteiger partial charge in [0.1, 0.15) is 0 Å². The molecule has 5 heteroatoms. The van der Waals surface area contributed by atoms with Crippen molar-refractivity contribution < 1.29 is 0 Å². The highest BCUT2D eigenvalue weighted by Gasteiger charge is 2.16. The Labute approximate surface area is 138 Å². The summed E-state index contributed by atoms with van der Waals surface area (Å²) >= 11 is 11.5. The SMILES string of the molecule is CSCCCCCNC(c1cccs1)c1ccc(Cl)s1. The summed E-state index contributed by atoms with van der Waals surface area (Å²) in [7, 11) is 0. The van der Waals surface area contributed by atoms with Crippen LogP contribution in [0.25, 0.3) is 0 Å². The third kappa shape index (κ3) is 5.08. The van der Waals surface area contributed by atoms with E-state index in [0.717, 1.165) is 10.9 Å². The fourth-order valence-corrected chi connectivity index (χ4v) is 4.62. The molecule has 1 atom stereocenters. The Kier molecular flexibility index (Phi) is 7.45. The van der Waals surface area contributed by atoms with Gasteiger partial charge in [0.25, 0.3) is 0 Å². The van der Waals surface area contributed by atoms with Gasteiger partial charge < -0.3 is 5.32 Å². The lowest BCUT2D eigenvalue weighted by atomic mass is 10.2. The fourth-order valence-electron chi connectivity index (χ4n) is 2.07. The predicted molar refractivity (Wildman–Crippen MR) is 95.7 cm³/mol.